The first-order chi connectivity index (χ1) is 10.3. The Hall–Kier alpha value is -2.32. The lowest BCUT2D eigenvalue weighted by atomic mass is 10.3. The highest BCUT2D eigenvalue weighted by Gasteiger charge is 2.41. The fourth-order valence-electron chi connectivity index (χ4n) is 2.40. The summed E-state index contributed by atoms with van der Waals surface area (Å²) in [6.45, 7) is -1.21. The van der Waals surface area contributed by atoms with Crippen LogP contribution in [-0.2, 0) is 13.6 Å². The maximum atomic E-state index is 12.2. The Morgan fingerprint density at radius 2 is 2.27 bits per heavy atom. The number of rotatable bonds is 4. The van der Waals surface area contributed by atoms with Gasteiger partial charge >= 0.3 is 6.18 Å². The van der Waals surface area contributed by atoms with E-state index in [1.807, 2.05) is 11.6 Å². The molecule has 1 aliphatic rings. The zero-order valence-corrected chi connectivity index (χ0v) is 11.7. The molecule has 0 aromatic carbocycles. The van der Waals surface area contributed by atoms with Crippen molar-refractivity contribution in [2.75, 3.05) is 0 Å². The third-order valence-corrected chi connectivity index (χ3v) is 3.56. The zero-order chi connectivity index (χ0) is 15.9. The number of nitrogens with one attached hydrogen (secondary N) is 1. The van der Waals surface area contributed by atoms with Gasteiger partial charge in [0, 0.05) is 37.1 Å². The van der Waals surface area contributed by atoms with Gasteiger partial charge in [0.05, 0.1) is 6.33 Å². The van der Waals surface area contributed by atoms with Crippen molar-refractivity contribution in [3.8, 4) is 0 Å². The Kier molecular flexibility index (Phi) is 3.42. The minimum Gasteiger partial charge on any atom is -0.347 e. The van der Waals surface area contributed by atoms with Crippen LogP contribution >= 0.6 is 0 Å². The highest BCUT2D eigenvalue weighted by Crippen LogP contribution is 2.40. The standard InChI is InChI=1S/C13H14F3N5O/c1-20-7-17-5-11(20)8-4-10(8)18-12(22)9-2-3-21(19-9)6-13(14,15)16/h2-3,5,7-8,10H,4,6H2,1H3,(H,18,22)/t8-,10-/m1/s1. The number of imidazole rings is 1. The molecule has 0 spiro atoms. The van der Waals surface area contributed by atoms with Crippen LogP contribution in [0.25, 0.3) is 0 Å². The third-order valence-electron chi connectivity index (χ3n) is 3.56. The molecular formula is C13H14F3N5O. The van der Waals surface area contributed by atoms with Crippen molar-refractivity contribution in [3.05, 3.63) is 36.2 Å². The first kappa shape index (κ1) is 14.6. The highest BCUT2D eigenvalue weighted by molar-refractivity contribution is 5.92. The van der Waals surface area contributed by atoms with Crippen LogP contribution in [0.3, 0.4) is 0 Å². The number of hydrogen-bond acceptors (Lipinski definition) is 3. The number of carbonyl (C=O) groups excluding carboxylic acids is 1. The molecule has 0 saturated heterocycles. The molecule has 1 N–H and O–H groups in total. The van der Waals surface area contributed by atoms with E-state index in [9.17, 15) is 18.0 Å². The fraction of sp³-hybridized carbons (Fsp3) is 0.462. The summed E-state index contributed by atoms with van der Waals surface area (Å²) in [7, 11) is 1.87. The van der Waals surface area contributed by atoms with E-state index in [4.69, 9.17) is 0 Å². The average Bonchev–Trinajstić information content (AvgIpc) is 2.82. The Bertz CT molecular complexity index is 690. The normalized spacial score (nSPS) is 20.9. The molecule has 3 rings (SSSR count). The lowest BCUT2D eigenvalue weighted by Crippen LogP contribution is -2.27. The number of nitrogens with zero attached hydrogens (tertiary/aromatic N) is 4. The number of halogens is 3. The van der Waals surface area contributed by atoms with Crippen LogP contribution in [0.5, 0.6) is 0 Å². The van der Waals surface area contributed by atoms with Gasteiger partial charge in [-0.05, 0) is 12.5 Å². The maximum Gasteiger partial charge on any atom is 0.408 e. The summed E-state index contributed by atoms with van der Waals surface area (Å²) in [6.07, 6.45) is 1.00. The molecule has 1 aliphatic carbocycles. The number of carbonyl (C=O) groups is 1. The van der Waals surface area contributed by atoms with E-state index in [-0.39, 0.29) is 17.7 Å². The summed E-state index contributed by atoms with van der Waals surface area (Å²) in [5, 5.41) is 6.42. The number of aryl methyl sites for hydroxylation is 1. The van der Waals surface area contributed by atoms with Crippen molar-refractivity contribution in [3.63, 3.8) is 0 Å². The van der Waals surface area contributed by atoms with E-state index in [1.165, 1.54) is 6.07 Å². The summed E-state index contributed by atoms with van der Waals surface area (Å²) in [6, 6.07) is 1.25. The monoisotopic (exact) mass is 313 g/mol. The van der Waals surface area contributed by atoms with Gasteiger partial charge in [0.2, 0.25) is 0 Å². The van der Waals surface area contributed by atoms with E-state index in [1.54, 1.807) is 12.5 Å². The molecular weight excluding hydrogens is 299 g/mol. The first-order valence-electron chi connectivity index (χ1n) is 6.71. The molecule has 2 aromatic heterocycles. The minimum atomic E-state index is -4.36. The quantitative estimate of drug-likeness (QED) is 0.929. The van der Waals surface area contributed by atoms with Crippen molar-refractivity contribution in [2.45, 2.75) is 31.1 Å². The molecule has 1 amide bonds. The SMILES string of the molecule is Cn1cncc1[C@@H]1C[C@H]1NC(=O)c1ccn(CC(F)(F)F)n1. The first-order valence-corrected chi connectivity index (χ1v) is 6.71. The number of aromatic nitrogens is 4. The Labute approximate surface area is 123 Å². The molecule has 0 radical (unpaired) electrons. The predicted octanol–water partition coefficient (Wildman–Crippen LogP) is 1.46. The second-order valence-corrected chi connectivity index (χ2v) is 5.37. The van der Waals surface area contributed by atoms with E-state index in [2.05, 4.69) is 15.4 Å². The van der Waals surface area contributed by atoms with Crippen LogP contribution < -0.4 is 5.32 Å². The van der Waals surface area contributed by atoms with Crippen LogP contribution in [0, 0.1) is 0 Å². The van der Waals surface area contributed by atoms with Gasteiger partial charge in [0.25, 0.3) is 5.91 Å². The maximum absolute atomic E-state index is 12.2. The summed E-state index contributed by atoms with van der Waals surface area (Å²) in [5.74, 6) is -0.274. The largest absolute Gasteiger partial charge is 0.408 e. The lowest BCUT2D eigenvalue weighted by molar-refractivity contribution is -0.142. The molecule has 9 heteroatoms. The molecule has 2 aromatic rings. The topological polar surface area (TPSA) is 64.7 Å². The van der Waals surface area contributed by atoms with Gasteiger partial charge in [0.1, 0.15) is 12.2 Å². The molecule has 118 valence electrons. The lowest BCUT2D eigenvalue weighted by Gasteiger charge is -2.06. The highest BCUT2D eigenvalue weighted by atomic mass is 19.4. The van der Waals surface area contributed by atoms with Crippen LogP contribution in [0.1, 0.15) is 28.5 Å². The molecule has 1 fully saturated rings. The summed E-state index contributed by atoms with van der Waals surface area (Å²) in [5.41, 5.74) is 1.01. The second kappa shape index (κ2) is 5.15. The van der Waals surface area contributed by atoms with Crippen molar-refractivity contribution in [1.82, 2.24) is 24.6 Å². The molecule has 2 atom stereocenters. The molecule has 0 bridgehead atoms. The van der Waals surface area contributed by atoms with Gasteiger partial charge in [-0.3, -0.25) is 9.48 Å². The predicted molar refractivity (Wildman–Crippen MR) is 70.1 cm³/mol. The summed E-state index contributed by atoms with van der Waals surface area (Å²) < 4.78 is 39.3. The van der Waals surface area contributed by atoms with E-state index in [0.717, 1.165) is 18.3 Å². The molecule has 22 heavy (non-hydrogen) atoms. The smallest absolute Gasteiger partial charge is 0.347 e. The van der Waals surface area contributed by atoms with Gasteiger partial charge in [0.15, 0.2) is 0 Å². The van der Waals surface area contributed by atoms with Crippen LogP contribution in [0.4, 0.5) is 13.2 Å². The summed E-state index contributed by atoms with van der Waals surface area (Å²) >= 11 is 0. The van der Waals surface area contributed by atoms with Crippen molar-refractivity contribution >= 4 is 5.91 Å². The summed E-state index contributed by atoms with van der Waals surface area (Å²) in [4.78, 5) is 16.0. The zero-order valence-electron chi connectivity index (χ0n) is 11.7. The van der Waals surface area contributed by atoms with E-state index >= 15 is 0 Å². The number of alkyl halides is 3. The molecule has 6 nitrogen and oxygen atoms in total. The number of amides is 1. The van der Waals surface area contributed by atoms with Crippen LogP contribution in [-0.4, -0.2) is 37.5 Å². The molecule has 1 saturated carbocycles. The third kappa shape index (κ3) is 3.12. The number of hydrogen-bond donors (Lipinski definition) is 1. The van der Waals surface area contributed by atoms with Crippen LogP contribution in [0.2, 0.25) is 0 Å². The van der Waals surface area contributed by atoms with Crippen molar-refractivity contribution < 1.29 is 18.0 Å². The Morgan fingerprint density at radius 3 is 2.91 bits per heavy atom. The Balaban J connectivity index is 1.58. The van der Waals surface area contributed by atoms with Gasteiger partial charge in [-0.2, -0.15) is 18.3 Å². The second-order valence-electron chi connectivity index (χ2n) is 5.37. The molecule has 0 unspecified atom stereocenters. The van der Waals surface area contributed by atoms with Gasteiger partial charge in [-0.25, -0.2) is 4.98 Å². The van der Waals surface area contributed by atoms with E-state index < -0.39 is 18.6 Å². The molecule has 2 heterocycles. The average molecular weight is 313 g/mol. The minimum absolute atomic E-state index is 0.0140. The van der Waals surface area contributed by atoms with Crippen molar-refractivity contribution in [1.29, 1.82) is 0 Å². The Morgan fingerprint density at radius 1 is 1.50 bits per heavy atom. The molecule has 0 aliphatic heterocycles. The van der Waals surface area contributed by atoms with Crippen molar-refractivity contribution in [2.24, 2.45) is 7.05 Å². The van der Waals surface area contributed by atoms with Gasteiger partial charge in [-0.15, -0.1) is 0 Å². The van der Waals surface area contributed by atoms with Crippen LogP contribution in [0.15, 0.2) is 24.8 Å². The van der Waals surface area contributed by atoms with Gasteiger partial charge in [-0.1, -0.05) is 0 Å². The fourth-order valence-corrected chi connectivity index (χ4v) is 2.40. The van der Waals surface area contributed by atoms with Gasteiger partial charge < -0.3 is 9.88 Å². The van der Waals surface area contributed by atoms with E-state index in [0.29, 0.717) is 4.68 Å².